The molecule has 0 saturated heterocycles. The molecule has 0 heterocycles. The van der Waals surface area contributed by atoms with Gasteiger partial charge in [-0.1, -0.05) is 53.2 Å². The molecular formula is C14H13ClOS. The predicted octanol–water partition coefficient (Wildman–Crippen LogP) is 4.29. The first-order valence-electron chi connectivity index (χ1n) is 5.33. The number of halogens is 1. The summed E-state index contributed by atoms with van der Waals surface area (Å²) in [5, 5.41) is 9.98. The van der Waals surface area contributed by atoms with E-state index in [1.165, 1.54) is 5.56 Å². The molecule has 0 aliphatic heterocycles. The third-order valence-corrected chi connectivity index (χ3v) is 4.08. The smallest absolute Gasteiger partial charge is 0.0693 e. The quantitative estimate of drug-likeness (QED) is 0.892. The number of hydrogen-bond donors (Lipinski definition) is 1. The topological polar surface area (TPSA) is 20.2 Å². The molecular weight excluding hydrogens is 252 g/mol. The Hall–Kier alpha value is -0.960. The van der Waals surface area contributed by atoms with Crippen LogP contribution in [0.1, 0.15) is 11.1 Å². The Morgan fingerprint density at radius 1 is 1.12 bits per heavy atom. The van der Waals surface area contributed by atoms with Crippen LogP contribution in [0, 0.1) is 6.92 Å². The molecule has 17 heavy (non-hydrogen) atoms. The van der Waals surface area contributed by atoms with Crippen molar-refractivity contribution in [3.05, 3.63) is 58.6 Å². The summed E-state index contributed by atoms with van der Waals surface area (Å²) in [4.78, 5) is 2.05. The SMILES string of the molecule is Cc1ccc(Sc2c(Cl)cccc2CO)cc1. The molecule has 1 N–H and O–H groups in total. The molecule has 0 atom stereocenters. The standard InChI is InChI=1S/C14H13ClOS/c1-10-5-7-12(8-6-10)17-14-11(9-16)3-2-4-13(14)15/h2-8,16H,9H2,1H3. The van der Waals surface area contributed by atoms with Crippen molar-refractivity contribution in [2.75, 3.05) is 0 Å². The van der Waals surface area contributed by atoms with Gasteiger partial charge in [-0.2, -0.15) is 0 Å². The van der Waals surface area contributed by atoms with Crippen molar-refractivity contribution in [1.82, 2.24) is 0 Å². The highest BCUT2D eigenvalue weighted by molar-refractivity contribution is 7.99. The molecule has 0 radical (unpaired) electrons. The number of aliphatic hydroxyl groups is 1. The van der Waals surface area contributed by atoms with Crippen LogP contribution in [0.15, 0.2) is 52.3 Å². The Labute approximate surface area is 110 Å². The van der Waals surface area contributed by atoms with Crippen LogP contribution in [0.5, 0.6) is 0 Å². The van der Waals surface area contributed by atoms with Crippen molar-refractivity contribution < 1.29 is 5.11 Å². The summed E-state index contributed by atoms with van der Waals surface area (Å²) in [6.07, 6.45) is 0. The van der Waals surface area contributed by atoms with Crippen molar-refractivity contribution in [3.8, 4) is 0 Å². The summed E-state index contributed by atoms with van der Waals surface area (Å²) in [7, 11) is 0. The Kier molecular flexibility index (Phi) is 4.11. The Morgan fingerprint density at radius 3 is 2.47 bits per heavy atom. The second-order valence-electron chi connectivity index (χ2n) is 3.80. The van der Waals surface area contributed by atoms with Crippen LogP contribution < -0.4 is 0 Å². The Balaban J connectivity index is 2.32. The van der Waals surface area contributed by atoms with Gasteiger partial charge in [0, 0.05) is 9.79 Å². The van der Waals surface area contributed by atoms with Crippen LogP contribution in [-0.2, 0) is 6.61 Å². The van der Waals surface area contributed by atoms with E-state index in [2.05, 4.69) is 31.2 Å². The third-order valence-electron chi connectivity index (χ3n) is 2.46. The van der Waals surface area contributed by atoms with Crippen molar-refractivity contribution in [2.24, 2.45) is 0 Å². The minimum absolute atomic E-state index is 0.00869. The lowest BCUT2D eigenvalue weighted by atomic mass is 10.2. The van der Waals surface area contributed by atoms with E-state index in [1.807, 2.05) is 18.2 Å². The van der Waals surface area contributed by atoms with Gasteiger partial charge < -0.3 is 5.11 Å². The maximum atomic E-state index is 9.29. The summed E-state index contributed by atoms with van der Waals surface area (Å²) < 4.78 is 0. The molecule has 2 aromatic rings. The summed E-state index contributed by atoms with van der Waals surface area (Å²) in [5.41, 5.74) is 2.10. The van der Waals surface area contributed by atoms with Crippen molar-refractivity contribution in [3.63, 3.8) is 0 Å². The minimum Gasteiger partial charge on any atom is -0.392 e. The molecule has 0 aliphatic carbocycles. The zero-order valence-corrected chi connectivity index (χ0v) is 11.1. The summed E-state index contributed by atoms with van der Waals surface area (Å²) in [5.74, 6) is 0. The van der Waals surface area contributed by atoms with E-state index >= 15 is 0 Å². The van der Waals surface area contributed by atoms with Crippen molar-refractivity contribution >= 4 is 23.4 Å². The molecule has 0 bridgehead atoms. The molecule has 0 aliphatic rings. The van der Waals surface area contributed by atoms with Crippen LogP contribution in [0.3, 0.4) is 0 Å². The van der Waals surface area contributed by atoms with E-state index in [4.69, 9.17) is 11.6 Å². The van der Waals surface area contributed by atoms with Crippen molar-refractivity contribution in [2.45, 2.75) is 23.3 Å². The fourth-order valence-corrected chi connectivity index (χ4v) is 2.76. The number of rotatable bonds is 3. The first-order valence-corrected chi connectivity index (χ1v) is 6.53. The van der Waals surface area contributed by atoms with Gasteiger partial charge in [-0.05, 0) is 30.7 Å². The molecule has 0 aromatic heterocycles. The van der Waals surface area contributed by atoms with E-state index in [0.717, 1.165) is 15.4 Å². The molecule has 2 rings (SSSR count). The van der Waals surface area contributed by atoms with E-state index in [-0.39, 0.29) is 6.61 Å². The lowest BCUT2D eigenvalue weighted by Gasteiger charge is -2.09. The van der Waals surface area contributed by atoms with Gasteiger partial charge in [-0.25, -0.2) is 0 Å². The molecule has 3 heteroatoms. The summed E-state index contributed by atoms with van der Waals surface area (Å²) >= 11 is 7.74. The maximum Gasteiger partial charge on any atom is 0.0693 e. The van der Waals surface area contributed by atoms with Gasteiger partial charge in [0.15, 0.2) is 0 Å². The lowest BCUT2D eigenvalue weighted by Crippen LogP contribution is -1.88. The average Bonchev–Trinajstić information content (AvgIpc) is 2.34. The van der Waals surface area contributed by atoms with Crippen LogP contribution in [0.4, 0.5) is 0 Å². The molecule has 0 saturated carbocycles. The molecule has 0 fully saturated rings. The monoisotopic (exact) mass is 264 g/mol. The fraction of sp³-hybridized carbons (Fsp3) is 0.143. The van der Waals surface area contributed by atoms with Crippen LogP contribution >= 0.6 is 23.4 Å². The molecule has 0 spiro atoms. The maximum absolute atomic E-state index is 9.29. The number of benzene rings is 2. The van der Waals surface area contributed by atoms with Crippen LogP contribution in [-0.4, -0.2) is 5.11 Å². The zero-order chi connectivity index (χ0) is 12.3. The fourth-order valence-electron chi connectivity index (χ4n) is 1.52. The predicted molar refractivity (Wildman–Crippen MR) is 72.7 cm³/mol. The first-order chi connectivity index (χ1) is 8.20. The second kappa shape index (κ2) is 5.58. The Morgan fingerprint density at radius 2 is 1.82 bits per heavy atom. The highest BCUT2D eigenvalue weighted by Gasteiger charge is 2.07. The van der Waals surface area contributed by atoms with Crippen LogP contribution in [0.2, 0.25) is 5.02 Å². The van der Waals surface area contributed by atoms with Gasteiger partial charge in [0.05, 0.1) is 11.6 Å². The molecule has 2 aromatic carbocycles. The van der Waals surface area contributed by atoms with E-state index < -0.39 is 0 Å². The third kappa shape index (κ3) is 3.03. The number of hydrogen-bond acceptors (Lipinski definition) is 2. The van der Waals surface area contributed by atoms with E-state index in [9.17, 15) is 5.11 Å². The highest BCUT2D eigenvalue weighted by Crippen LogP contribution is 2.36. The lowest BCUT2D eigenvalue weighted by molar-refractivity contribution is 0.279. The average molecular weight is 265 g/mol. The number of aryl methyl sites for hydroxylation is 1. The summed E-state index contributed by atoms with van der Waals surface area (Å²) in [6.45, 7) is 2.07. The van der Waals surface area contributed by atoms with Gasteiger partial charge in [0.2, 0.25) is 0 Å². The molecule has 0 amide bonds. The largest absolute Gasteiger partial charge is 0.392 e. The number of aliphatic hydroxyl groups excluding tert-OH is 1. The zero-order valence-electron chi connectivity index (χ0n) is 9.48. The minimum atomic E-state index is 0.00869. The molecule has 0 unspecified atom stereocenters. The van der Waals surface area contributed by atoms with Crippen molar-refractivity contribution in [1.29, 1.82) is 0 Å². The van der Waals surface area contributed by atoms with Gasteiger partial charge in [-0.15, -0.1) is 0 Å². The molecule has 88 valence electrons. The summed E-state index contributed by atoms with van der Waals surface area (Å²) in [6, 6.07) is 13.8. The van der Waals surface area contributed by atoms with Crippen LogP contribution in [0.25, 0.3) is 0 Å². The van der Waals surface area contributed by atoms with Gasteiger partial charge in [0.25, 0.3) is 0 Å². The van der Waals surface area contributed by atoms with E-state index in [0.29, 0.717) is 5.02 Å². The van der Waals surface area contributed by atoms with Gasteiger partial charge in [0.1, 0.15) is 0 Å². The van der Waals surface area contributed by atoms with Gasteiger partial charge >= 0.3 is 0 Å². The Bertz CT molecular complexity index is 508. The van der Waals surface area contributed by atoms with Gasteiger partial charge in [-0.3, -0.25) is 0 Å². The molecule has 1 nitrogen and oxygen atoms in total. The van der Waals surface area contributed by atoms with E-state index in [1.54, 1.807) is 11.8 Å². The first kappa shape index (κ1) is 12.5. The normalized spacial score (nSPS) is 10.5. The second-order valence-corrected chi connectivity index (χ2v) is 5.29. The highest BCUT2D eigenvalue weighted by atomic mass is 35.5.